The Morgan fingerprint density at radius 1 is 0.811 bits per heavy atom. The number of pyridine rings is 1. The zero-order chi connectivity index (χ0) is 37.4. The molecule has 4 aromatic rings. The Hall–Kier alpha value is -5.31. The lowest BCUT2D eigenvalue weighted by molar-refractivity contribution is -0.137. The van der Waals surface area contributed by atoms with Gasteiger partial charge in [-0.25, -0.2) is 0 Å². The fourth-order valence-corrected chi connectivity index (χ4v) is 6.37. The van der Waals surface area contributed by atoms with E-state index in [-0.39, 0.29) is 18.0 Å². The minimum absolute atomic E-state index is 0.103. The number of carbonyl (C=O) groups excluding carboxylic acids is 3. The number of piperazine rings is 2. The second-order valence-electron chi connectivity index (χ2n) is 13.1. The molecule has 278 valence electrons. The fraction of sp³-hybridized carbons (Fsp3) is 0.333. The Balaban J connectivity index is 1.20. The number of nitrogens with one attached hydrogen (secondary N) is 4. The molecule has 3 amide bonds. The highest BCUT2D eigenvalue weighted by molar-refractivity contribution is 6.08. The van der Waals surface area contributed by atoms with Gasteiger partial charge in [0.1, 0.15) is 0 Å². The van der Waals surface area contributed by atoms with Gasteiger partial charge in [-0.2, -0.15) is 13.2 Å². The summed E-state index contributed by atoms with van der Waals surface area (Å²) >= 11 is 0. The van der Waals surface area contributed by atoms with Crippen LogP contribution in [0.3, 0.4) is 0 Å². The van der Waals surface area contributed by atoms with Gasteiger partial charge in [0.2, 0.25) is 0 Å². The quantitative estimate of drug-likeness (QED) is 0.180. The van der Waals surface area contributed by atoms with Crippen molar-refractivity contribution in [3.8, 4) is 11.3 Å². The van der Waals surface area contributed by atoms with E-state index in [0.29, 0.717) is 40.2 Å². The molecule has 4 N–H and O–H groups in total. The largest absolute Gasteiger partial charge is 0.416 e. The highest BCUT2D eigenvalue weighted by atomic mass is 19.4. The maximum Gasteiger partial charge on any atom is 0.416 e. The summed E-state index contributed by atoms with van der Waals surface area (Å²) in [6.07, 6.45) is -3.01. The van der Waals surface area contributed by atoms with Crippen LogP contribution in [0.5, 0.6) is 0 Å². The van der Waals surface area contributed by atoms with Crippen LogP contribution in [0, 0.1) is 0 Å². The average Bonchev–Trinajstić information content (AvgIpc) is 3.19. The van der Waals surface area contributed by atoms with Crippen molar-refractivity contribution < 1.29 is 27.6 Å². The van der Waals surface area contributed by atoms with Gasteiger partial charge in [0, 0.05) is 113 Å². The van der Waals surface area contributed by atoms with Gasteiger partial charge in [-0.3, -0.25) is 24.3 Å². The van der Waals surface area contributed by atoms with Crippen molar-refractivity contribution in [3.63, 3.8) is 0 Å². The van der Waals surface area contributed by atoms with E-state index in [2.05, 4.69) is 36.1 Å². The third-order valence-electron chi connectivity index (χ3n) is 9.42. The highest BCUT2D eigenvalue weighted by Gasteiger charge is 2.30. The van der Waals surface area contributed by atoms with E-state index >= 15 is 0 Å². The smallest absolute Gasteiger partial charge is 0.369 e. The zero-order valence-electron chi connectivity index (χ0n) is 29.5. The lowest BCUT2D eigenvalue weighted by Crippen LogP contribution is -2.46. The van der Waals surface area contributed by atoms with Crippen molar-refractivity contribution in [1.29, 1.82) is 0 Å². The monoisotopic (exact) mass is 728 g/mol. The first-order valence-electron chi connectivity index (χ1n) is 17.7. The minimum atomic E-state index is -4.49. The molecule has 0 spiro atoms. The number of carbonyl (C=O) groups is 3. The molecule has 2 saturated heterocycles. The first kappa shape index (κ1) is 37.4. The number of benzene rings is 3. The molecule has 0 aliphatic carbocycles. The molecule has 2 aliphatic heterocycles. The van der Waals surface area contributed by atoms with Crippen molar-refractivity contribution in [2.75, 3.05) is 82.7 Å². The number of likely N-dealkylation sites (N-methyl/N-ethyl adjacent to an activating group) is 1. The maximum atomic E-state index is 13.7. The van der Waals surface area contributed by atoms with Gasteiger partial charge >= 0.3 is 6.18 Å². The molecule has 53 heavy (non-hydrogen) atoms. The van der Waals surface area contributed by atoms with Gasteiger partial charge < -0.3 is 31.1 Å². The third-order valence-corrected chi connectivity index (χ3v) is 9.42. The Morgan fingerprint density at radius 3 is 2.26 bits per heavy atom. The van der Waals surface area contributed by atoms with E-state index in [0.717, 1.165) is 76.7 Å². The third kappa shape index (κ3) is 9.77. The number of anilines is 2. The Bertz CT molecular complexity index is 1930. The summed E-state index contributed by atoms with van der Waals surface area (Å²) in [5, 5.41) is 12.4. The van der Waals surface area contributed by atoms with Gasteiger partial charge in [-0.1, -0.05) is 18.2 Å². The van der Waals surface area contributed by atoms with Crippen LogP contribution in [0.15, 0.2) is 85.1 Å². The van der Waals surface area contributed by atoms with Crippen molar-refractivity contribution >= 4 is 29.1 Å². The maximum absolute atomic E-state index is 13.7. The van der Waals surface area contributed by atoms with Crippen molar-refractivity contribution in [3.05, 3.63) is 113 Å². The number of halogens is 3. The minimum Gasteiger partial charge on any atom is -0.369 e. The molecular weight excluding hydrogens is 685 g/mol. The van der Waals surface area contributed by atoms with Crippen LogP contribution in [0.1, 0.15) is 42.2 Å². The zero-order valence-corrected chi connectivity index (χ0v) is 29.5. The van der Waals surface area contributed by atoms with Crippen molar-refractivity contribution in [2.24, 2.45) is 0 Å². The first-order valence-corrected chi connectivity index (χ1v) is 17.7. The number of amides is 3. The Morgan fingerprint density at radius 2 is 1.51 bits per heavy atom. The molecule has 2 aliphatic rings. The SMILES string of the molecule is CN(CCN1CCNCC1)C(=O)c1cccc(C(=O)Nc2ccc(N3CCNCC3)cc2-c2cc(C(=O)NCc3cccc(C(F)(F)F)c3)ccn2)c1. The molecular formula is C39H43F3N8O3. The molecule has 0 bridgehead atoms. The van der Waals surface area contributed by atoms with Gasteiger partial charge in [-0.15, -0.1) is 0 Å². The molecule has 0 radical (unpaired) electrons. The van der Waals surface area contributed by atoms with E-state index in [1.54, 1.807) is 48.3 Å². The summed E-state index contributed by atoms with van der Waals surface area (Å²) in [7, 11) is 1.76. The van der Waals surface area contributed by atoms with Crippen LogP contribution >= 0.6 is 0 Å². The lowest BCUT2D eigenvalue weighted by Gasteiger charge is -2.30. The molecule has 14 heteroatoms. The van der Waals surface area contributed by atoms with E-state index in [9.17, 15) is 27.6 Å². The van der Waals surface area contributed by atoms with Gasteiger partial charge in [0.25, 0.3) is 17.7 Å². The first-order chi connectivity index (χ1) is 25.5. The summed E-state index contributed by atoms with van der Waals surface area (Å²) in [6.45, 7) is 8.14. The lowest BCUT2D eigenvalue weighted by atomic mass is 10.0. The predicted molar refractivity (Wildman–Crippen MR) is 198 cm³/mol. The van der Waals surface area contributed by atoms with Crippen LogP contribution in [0.4, 0.5) is 24.5 Å². The van der Waals surface area contributed by atoms with Gasteiger partial charge in [0.05, 0.1) is 16.9 Å². The molecule has 1 aromatic heterocycles. The molecule has 3 aromatic carbocycles. The topological polar surface area (TPSA) is 122 Å². The second kappa shape index (κ2) is 17.0. The molecule has 2 fully saturated rings. The second-order valence-corrected chi connectivity index (χ2v) is 13.1. The number of alkyl halides is 3. The average molecular weight is 729 g/mol. The summed E-state index contributed by atoms with van der Waals surface area (Å²) in [4.78, 5) is 51.0. The van der Waals surface area contributed by atoms with Crippen LogP contribution in [0.25, 0.3) is 11.3 Å². The normalized spacial score (nSPS) is 15.1. The molecule has 3 heterocycles. The summed E-state index contributed by atoms with van der Waals surface area (Å²) in [5.74, 6) is -1.09. The number of hydrogen-bond donors (Lipinski definition) is 4. The number of aromatic nitrogens is 1. The molecule has 0 atom stereocenters. The Labute approximate surface area is 306 Å². The molecule has 0 saturated carbocycles. The van der Waals surface area contributed by atoms with Crippen LogP contribution in [-0.2, 0) is 12.7 Å². The number of hydrogen-bond acceptors (Lipinski definition) is 8. The molecule has 11 nitrogen and oxygen atoms in total. The van der Waals surface area contributed by atoms with Crippen molar-refractivity contribution in [2.45, 2.75) is 12.7 Å². The van der Waals surface area contributed by atoms with Crippen LogP contribution in [-0.4, -0.2) is 105 Å². The van der Waals surface area contributed by atoms with E-state index in [4.69, 9.17) is 0 Å². The summed E-state index contributed by atoms with van der Waals surface area (Å²) < 4.78 is 39.6. The number of nitrogens with zero attached hydrogens (tertiary/aromatic N) is 4. The van der Waals surface area contributed by atoms with E-state index in [1.165, 1.54) is 24.4 Å². The Kier molecular flexibility index (Phi) is 12.0. The van der Waals surface area contributed by atoms with Crippen LogP contribution in [0.2, 0.25) is 0 Å². The standard InChI is InChI=1S/C39H43F3N8O3/c1-48(20-21-49-16-12-43-13-17-49)38(53)30-6-3-5-28(23-30)37(52)47-34-9-8-32(50-18-14-44-15-19-50)25-33(34)35-24-29(10-11-45-35)36(51)46-26-27-4-2-7-31(22-27)39(40,41)42/h2-11,22-25,43-44H,12-21,26H2,1H3,(H,46,51)(H,47,52). The van der Waals surface area contributed by atoms with Crippen LogP contribution < -0.4 is 26.2 Å². The fourth-order valence-electron chi connectivity index (χ4n) is 6.37. The molecule has 0 unspecified atom stereocenters. The van der Waals surface area contributed by atoms with Gasteiger partial charge in [0.15, 0.2) is 0 Å². The van der Waals surface area contributed by atoms with Gasteiger partial charge in [-0.05, 0) is 66.2 Å². The molecule has 6 rings (SSSR count). The van der Waals surface area contributed by atoms with E-state index in [1.807, 2.05) is 12.1 Å². The summed E-state index contributed by atoms with van der Waals surface area (Å²) in [6, 6.07) is 20.2. The summed E-state index contributed by atoms with van der Waals surface area (Å²) in [5.41, 5.74) is 2.83. The highest BCUT2D eigenvalue weighted by Crippen LogP contribution is 2.33. The van der Waals surface area contributed by atoms with Crippen molar-refractivity contribution in [1.82, 2.24) is 30.7 Å². The number of rotatable bonds is 11. The van der Waals surface area contributed by atoms with E-state index < -0.39 is 23.6 Å². The predicted octanol–water partition coefficient (Wildman–Crippen LogP) is 4.34.